The van der Waals surface area contributed by atoms with Crippen molar-refractivity contribution in [2.75, 3.05) is 13.4 Å². The molecule has 0 unspecified atom stereocenters. The fourth-order valence-electron chi connectivity index (χ4n) is 2.12. The van der Waals surface area contributed by atoms with Gasteiger partial charge in [-0.2, -0.15) is 0 Å². The number of hydrogen-bond acceptors (Lipinski definition) is 6. The van der Waals surface area contributed by atoms with E-state index >= 15 is 0 Å². The molecule has 0 spiro atoms. The smallest absolute Gasteiger partial charge is 0.355 e. The monoisotopic (exact) mass is 341 g/mol. The number of furan rings is 1. The van der Waals surface area contributed by atoms with Crippen molar-refractivity contribution in [1.82, 2.24) is 5.32 Å². The van der Waals surface area contributed by atoms with Gasteiger partial charge in [0.2, 0.25) is 6.79 Å². The minimum atomic E-state index is -0.697. The molecule has 1 amide bonds. The number of amides is 1. The number of rotatable bonds is 6. The third-order valence-electron chi connectivity index (χ3n) is 3.25. The van der Waals surface area contributed by atoms with Crippen LogP contribution in [-0.2, 0) is 9.53 Å². The summed E-state index contributed by atoms with van der Waals surface area (Å²) in [5.74, 6) is -0.00407. The lowest BCUT2D eigenvalue weighted by molar-refractivity contribution is -0.138. The SMILES string of the molecule is C=CCOC(=O)/C(=C/c1ccc2c(c1)OCO2)NC(=O)c1ccco1. The van der Waals surface area contributed by atoms with Crippen LogP contribution in [0.2, 0.25) is 0 Å². The number of carbonyl (C=O) groups excluding carboxylic acids is 2. The largest absolute Gasteiger partial charge is 0.459 e. The van der Waals surface area contributed by atoms with Crippen molar-refractivity contribution < 1.29 is 28.2 Å². The molecule has 7 nitrogen and oxygen atoms in total. The average molecular weight is 341 g/mol. The third-order valence-corrected chi connectivity index (χ3v) is 3.25. The molecule has 25 heavy (non-hydrogen) atoms. The average Bonchev–Trinajstić information content (AvgIpc) is 3.29. The lowest BCUT2D eigenvalue weighted by Crippen LogP contribution is -2.28. The molecule has 2 heterocycles. The Balaban J connectivity index is 1.85. The summed E-state index contributed by atoms with van der Waals surface area (Å²) in [6, 6.07) is 8.21. The number of ether oxygens (including phenoxy) is 3. The molecular weight excluding hydrogens is 326 g/mol. The van der Waals surface area contributed by atoms with Crippen molar-refractivity contribution in [3.63, 3.8) is 0 Å². The van der Waals surface area contributed by atoms with Crippen LogP contribution in [-0.4, -0.2) is 25.3 Å². The Morgan fingerprint density at radius 1 is 1.24 bits per heavy atom. The normalized spacial score (nSPS) is 12.6. The summed E-state index contributed by atoms with van der Waals surface area (Å²) in [6.45, 7) is 3.65. The predicted molar refractivity (Wildman–Crippen MR) is 87.9 cm³/mol. The maximum atomic E-state index is 12.2. The van der Waals surface area contributed by atoms with Crippen LogP contribution in [0, 0.1) is 0 Å². The molecule has 3 rings (SSSR count). The molecule has 0 saturated heterocycles. The first-order valence-corrected chi connectivity index (χ1v) is 7.41. The number of fused-ring (bicyclic) bond motifs is 1. The molecule has 1 aromatic carbocycles. The highest BCUT2D eigenvalue weighted by Crippen LogP contribution is 2.33. The molecule has 0 aliphatic carbocycles. The molecule has 0 radical (unpaired) electrons. The Hall–Kier alpha value is -3.48. The van der Waals surface area contributed by atoms with Crippen LogP contribution in [0.15, 0.2) is 59.4 Å². The first-order chi connectivity index (χ1) is 12.2. The van der Waals surface area contributed by atoms with Crippen molar-refractivity contribution in [3.8, 4) is 11.5 Å². The summed E-state index contributed by atoms with van der Waals surface area (Å²) < 4.78 is 20.6. The molecule has 1 aliphatic heterocycles. The van der Waals surface area contributed by atoms with E-state index in [1.54, 1.807) is 24.3 Å². The van der Waals surface area contributed by atoms with E-state index in [9.17, 15) is 9.59 Å². The van der Waals surface area contributed by atoms with Crippen LogP contribution >= 0.6 is 0 Å². The van der Waals surface area contributed by atoms with Crippen molar-refractivity contribution in [2.24, 2.45) is 0 Å². The molecule has 128 valence electrons. The molecular formula is C18H15NO6. The first-order valence-electron chi connectivity index (χ1n) is 7.41. The second-order valence-corrected chi connectivity index (χ2v) is 4.99. The molecule has 2 aromatic rings. The maximum absolute atomic E-state index is 12.2. The lowest BCUT2D eigenvalue weighted by Gasteiger charge is -2.08. The van der Waals surface area contributed by atoms with E-state index in [2.05, 4.69) is 11.9 Å². The van der Waals surface area contributed by atoms with Crippen molar-refractivity contribution in [2.45, 2.75) is 0 Å². The van der Waals surface area contributed by atoms with E-state index in [1.807, 2.05) is 0 Å². The van der Waals surface area contributed by atoms with E-state index < -0.39 is 11.9 Å². The Morgan fingerprint density at radius 2 is 2.08 bits per heavy atom. The quantitative estimate of drug-likeness (QED) is 0.493. The van der Waals surface area contributed by atoms with E-state index in [-0.39, 0.29) is 24.9 Å². The molecule has 0 fully saturated rings. The summed E-state index contributed by atoms with van der Waals surface area (Å²) in [4.78, 5) is 24.4. The number of benzene rings is 1. The van der Waals surface area contributed by atoms with Gasteiger partial charge in [-0.05, 0) is 35.9 Å². The van der Waals surface area contributed by atoms with E-state index in [4.69, 9.17) is 18.6 Å². The molecule has 0 saturated carbocycles. The van der Waals surface area contributed by atoms with Crippen LogP contribution in [0.3, 0.4) is 0 Å². The van der Waals surface area contributed by atoms with Crippen LogP contribution in [0.5, 0.6) is 11.5 Å². The Labute approximate surface area is 143 Å². The molecule has 7 heteroatoms. The fourth-order valence-corrected chi connectivity index (χ4v) is 2.12. The van der Waals surface area contributed by atoms with E-state index in [0.29, 0.717) is 17.1 Å². The molecule has 0 atom stereocenters. The van der Waals surface area contributed by atoms with Crippen LogP contribution < -0.4 is 14.8 Å². The highest BCUT2D eigenvalue weighted by molar-refractivity contribution is 6.02. The first kappa shape index (κ1) is 16.4. The zero-order valence-electron chi connectivity index (χ0n) is 13.2. The van der Waals surface area contributed by atoms with Crippen LogP contribution in [0.25, 0.3) is 6.08 Å². The van der Waals surface area contributed by atoms with Gasteiger partial charge in [-0.25, -0.2) is 4.79 Å². The highest BCUT2D eigenvalue weighted by Gasteiger charge is 2.18. The predicted octanol–water partition coefficient (Wildman–Crippen LogP) is 2.51. The number of hydrogen-bond donors (Lipinski definition) is 1. The topological polar surface area (TPSA) is 87.0 Å². The molecule has 0 bridgehead atoms. The lowest BCUT2D eigenvalue weighted by atomic mass is 10.1. The zero-order valence-corrected chi connectivity index (χ0v) is 13.2. The molecule has 1 N–H and O–H groups in total. The van der Waals surface area contributed by atoms with E-state index in [0.717, 1.165) is 0 Å². The zero-order chi connectivity index (χ0) is 17.6. The molecule has 1 aliphatic rings. The Morgan fingerprint density at radius 3 is 2.84 bits per heavy atom. The summed E-state index contributed by atoms with van der Waals surface area (Å²) in [7, 11) is 0. The number of carbonyl (C=O) groups is 2. The van der Waals surface area contributed by atoms with E-state index in [1.165, 1.54) is 24.5 Å². The minimum Gasteiger partial charge on any atom is -0.459 e. The maximum Gasteiger partial charge on any atom is 0.355 e. The summed E-state index contributed by atoms with van der Waals surface area (Å²) in [6.07, 6.45) is 4.28. The minimum absolute atomic E-state index is 0.0218. The number of esters is 1. The third kappa shape index (κ3) is 3.89. The van der Waals surface area contributed by atoms with Crippen LogP contribution in [0.1, 0.15) is 16.1 Å². The van der Waals surface area contributed by atoms with Crippen molar-refractivity contribution in [3.05, 3.63) is 66.3 Å². The summed E-state index contributed by atoms with van der Waals surface area (Å²) in [5, 5.41) is 2.49. The Kier molecular flexibility index (Phi) is 4.84. The van der Waals surface area contributed by atoms with Gasteiger partial charge in [-0.15, -0.1) is 0 Å². The highest BCUT2D eigenvalue weighted by atomic mass is 16.7. The fraction of sp³-hybridized carbons (Fsp3) is 0.111. The van der Waals surface area contributed by atoms with Gasteiger partial charge in [0.15, 0.2) is 17.3 Å². The van der Waals surface area contributed by atoms with Gasteiger partial charge in [0.05, 0.1) is 6.26 Å². The van der Waals surface area contributed by atoms with Gasteiger partial charge >= 0.3 is 5.97 Å². The summed E-state index contributed by atoms with van der Waals surface area (Å²) >= 11 is 0. The van der Waals surface area contributed by atoms with Crippen molar-refractivity contribution >= 4 is 18.0 Å². The van der Waals surface area contributed by atoms with Gasteiger partial charge in [0.25, 0.3) is 5.91 Å². The van der Waals surface area contributed by atoms with Gasteiger partial charge in [0, 0.05) is 0 Å². The summed E-state index contributed by atoms with van der Waals surface area (Å²) in [5.41, 5.74) is 0.594. The van der Waals surface area contributed by atoms with Crippen molar-refractivity contribution in [1.29, 1.82) is 0 Å². The van der Waals surface area contributed by atoms with Gasteiger partial charge in [-0.3, -0.25) is 4.79 Å². The van der Waals surface area contributed by atoms with Gasteiger partial charge in [0.1, 0.15) is 12.3 Å². The second kappa shape index (κ2) is 7.39. The number of nitrogens with one attached hydrogen (secondary N) is 1. The van der Waals surface area contributed by atoms with Crippen LogP contribution in [0.4, 0.5) is 0 Å². The van der Waals surface area contributed by atoms with Gasteiger partial charge in [-0.1, -0.05) is 18.7 Å². The molecule has 1 aromatic heterocycles. The standard InChI is InChI=1S/C18H15NO6/c1-2-7-23-18(21)13(19-17(20)15-4-3-8-22-15)9-12-5-6-14-16(10-12)25-11-24-14/h2-6,8-10H,1,7,11H2,(H,19,20)/b13-9-. The second-order valence-electron chi connectivity index (χ2n) is 4.99. The van der Waals surface area contributed by atoms with Gasteiger partial charge < -0.3 is 23.9 Å². The Bertz CT molecular complexity index is 822.